The average molecular weight is 399 g/mol. The van der Waals surface area contributed by atoms with Gasteiger partial charge in [-0.25, -0.2) is 9.59 Å². The van der Waals surface area contributed by atoms with Crippen LogP contribution in [0.3, 0.4) is 0 Å². The smallest absolute Gasteiger partial charge is 0.324 e. The van der Waals surface area contributed by atoms with Crippen molar-refractivity contribution in [2.24, 2.45) is 11.3 Å². The summed E-state index contributed by atoms with van der Waals surface area (Å²) in [6, 6.07) is 4.39. The number of nitrogens with zero attached hydrogens (tertiary/aromatic N) is 1. The highest BCUT2D eigenvalue weighted by atomic mass is 16.2. The normalized spacial score (nSPS) is 26.2. The highest BCUT2D eigenvalue weighted by Crippen LogP contribution is 2.46. The molecule has 9 heteroatoms. The first-order valence-corrected chi connectivity index (χ1v) is 9.73. The van der Waals surface area contributed by atoms with Gasteiger partial charge in [-0.3, -0.25) is 14.5 Å². The Kier molecular flexibility index (Phi) is 4.29. The van der Waals surface area contributed by atoms with E-state index in [0.717, 1.165) is 11.3 Å². The summed E-state index contributed by atoms with van der Waals surface area (Å²) in [6.45, 7) is 5.92. The number of H-pyrrole nitrogens is 2. The molecule has 4 rings (SSSR count). The largest absolute Gasteiger partial charge is 0.325 e. The van der Waals surface area contributed by atoms with Gasteiger partial charge in [-0.15, -0.1) is 0 Å². The summed E-state index contributed by atoms with van der Waals surface area (Å²) >= 11 is 0. The maximum atomic E-state index is 13.1. The number of hydrogen-bond donors (Lipinski definition) is 4. The first-order chi connectivity index (χ1) is 13.6. The number of carbonyl (C=O) groups is 3. The monoisotopic (exact) mass is 399 g/mol. The second-order valence-corrected chi connectivity index (χ2v) is 9.15. The number of aromatic nitrogens is 2. The summed E-state index contributed by atoms with van der Waals surface area (Å²) in [7, 11) is 0. The molecule has 1 aliphatic heterocycles. The fourth-order valence-electron chi connectivity index (χ4n) is 5.10. The van der Waals surface area contributed by atoms with Crippen LogP contribution in [0.1, 0.15) is 40.0 Å². The third-order valence-electron chi connectivity index (χ3n) is 5.73. The topological polar surface area (TPSA) is 127 Å². The van der Waals surface area contributed by atoms with Gasteiger partial charge in [0.1, 0.15) is 12.1 Å². The molecule has 1 aromatic heterocycles. The van der Waals surface area contributed by atoms with Crippen LogP contribution in [0.5, 0.6) is 0 Å². The number of urea groups is 1. The molecule has 2 heterocycles. The fourth-order valence-corrected chi connectivity index (χ4v) is 5.10. The zero-order valence-corrected chi connectivity index (χ0v) is 16.7. The minimum Gasteiger partial charge on any atom is -0.324 e. The Balaban J connectivity index is 1.48. The number of amides is 4. The van der Waals surface area contributed by atoms with E-state index in [1.165, 1.54) is 0 Å². The van der Waals surface area contributed by atoms with Crippen molar-refractivity contribution in [1.29, 1.82) is 0 Å². The Morgan fingerprint density at radius 3 is 2.62 bits per heavy atom. The molecular weight excluding hydrogens is 374 g/mol. The van der Waals surface area contributed by atoms with Crippen LogP contribution in [-0.2, 0) is 9.59 Å². The van der Waals surface area contributed by atoms with Crippen LogP contribution in [0.4, 0.5) is 10.5 Å². The number of imidazole rings is 1. The van der Waals surface area contributed by atoms with Crippen molar-refractivity contribution in [3.8, 4) is 0 Å². The molecule has 154 valence electrons. The van der Waals surface area contributed by atoms with E-state index in [1.807, 2.05) is 0 Å². The molecule has 1 saturated heterocycles. The van der Waals surface area contributed by atoms with Crippen molar-refractivity contribution in [2.45, 2.75) is 45.6 Å². The van der Waals surface area contributed by atoms with E-state index >= 15 is 0 Å². The highest BCUT2D eigenvalue weighted by molar-refractivity contribution is 6.10. The predicted molar refractivity (Wildman–Crippen MR) is 107 cm³/mol. The number of carbonyl (C=O) groups excluding carboxylic acids is 3. The van der Waals surface area contributed by atoms with Gasteiger partial charge in [0.05, 0.1) is 11.0 Å². The lowest BCUT2D eigenvalue weighted by atomic mass is 9.64. The van der Waals surface area contributed by atoms with Crippen molar-refractivity contribution in [3.63, 3.8) is 0 Å². The summed E-state index contributed by atoms with van der Waals surface area (Å²) in [4.78, 5) is 55.7. The van der Waals surface area contributed by atoms with Crippen molar-refractivity contribution < 1.29 is 14.4 Å². The summed E-state index contributed by atoms with van der Waals surface area (Å²) in [6.07, 6.45) is 2.13. The molecule has 0 bridgehead atoms. The summed E-state index contributed by atoms with van der Waals surface area (Å²) in [5, 5.41) is 5.54. The molecule has 2 aliphatic rings. The van der Waals surface area contributed by atoms with Crippen LogP contribution in [0, 0.1) is 11.3 Å². The molecule has 2 aromatic rings. The molecule has 1 aromatic carbocycles. The first-order valence-electron chi connectivity index (χ1n) is 9.73. The molecule has 9 nitrogen and oxygen atoms in total. The molecule has 2 fully saturated rings. The SMILES string of the molecule is C[C@H]1CC(C)(C)C[C@@]2(C1)NC(=O)N(CC(=O)Nc1ccc3[nH]c(=O)[nH]c3c1)C2=O. The van der Waals surface area contributed by atoms with Crippen LogP contribution in [0.2, 0.25) is 0 Å². The quantitative estimate of drug-likeness (QED) is 0.588. The van der Waals surface area contributed by atoms with Crippen molar-refractivity contribution >= 4 is 34.6 Å². The maximum Gasteiger partial charge on any atom is 0.325 e. The van der Waals surface area contributed by atoms with Crippen LogP contribution in [0.25, 0.3) is 11.0 Å². The minimum absolute atomic E-state index is 0.0677. The molecule has 1 aliphatic carbocycles. The molecule has 0 radical (unpaired) electrons. The molecule has 29 heavy (non-hydrogen) atoms. The standard InChI is InChI=1S/C20H25N5O4/c1-11-7-19(2,3)10-20(8-11)16(27)25(18(29)24-20)9-15(26)21-12-4-5-13-14(6-12)23-17(28)22-13/h4-6,11H,7-10H2,1-3H3,(H,21,26)(H,24,29)(H2,22,23,28)/t11-,20+/m0/s1. The van der Waals surface area contributed by atoms with E-state index in [1.54, 1.807) is 18.2 Å². The van der Waals surface area contributed by atoms with E-state index in [9.17, 15) is 19.2 Å². The maximum absolute atomic E-state index is 13.1. The summed E-state index contributed by atoms with van der Waals surface area (Å²) in [5.41, 5.74) is 0.312. The number of imide groups is 1. The Hall–Kier alpha value is -3.10. The molecule has 4 amide bonds. The van der Waals surface area contributed by atoms with Crippen LogP contribution in [0.15, 0.2) is 23.0 Å². The van der Waals surface area contributed by atoms with E-state index in [0.29, 0.717) is 35.5 Å². The van der Waals surface area contributed by atoms with Crippen LogP contribution in [-0.4, -0.2) is 44.8 Å². The Bertz CT molecular complexity index is 1070. The van der Waals surface area contributed by atoms with Gasteiger partial charge in [-0.2, -0.15) is 0 Å². The average Bonchev–Trinajstić information content (AvgIpc) is 3.04. The predicted octanol–water partition coefficient (Wildman–Crippen LogP) is 1.93. The molecule has 1 saturated carbocycles. The second kappa shape index (κ2) is 6.47. The van der Waals surface area contributed by atoms with Crippen molar-refractivity contribution in [1.82, 2.24) is 20.2 Å². The molecular formula is C20H25N5O4. The van der Waals surface area contributed by atoms with Gasteiger partial charge in [0.25, 0.3) is 5.91 Å². The van der Waals surface area contributed by atoms with Gasteiger partial charge in [0.15, 0.2) is 0 Å². The number of benzene rings is 1. The van der Waals surface area contributed by atoms with E-state index in [-0.39, 0.29) is 23.6 Å². The van der Waals surface area contributed by atoms with E-state index in [4.69, 9.17) is 0 Å². The Morgan fingerprint density at radius 1 is 1.17 bits per heavy atom. The van der Waals surface area contributed by atoms with Gasteiger partial charge in [0, 0.05) is 5.69 Å². The number of hydrogen-bond acceptors (Lipinski definition) is 4. The molecule has 2 atom stereocenters. The van der Waals surface area contributed by atoms with Gasteiger partial charge in [-0.05, 0) is 48.8 Å². The number of anilines is 1. The third kappa shape index (κ3) is 3.52. The lowest BCUT2D eigenvalue weighted by Gasteiger charge is -2.43. The van der Waals surface area contributed by atoms with Gasteiger partial charge < -0.3 is 20.6 Å². The lowest BCUT2D eigenvalue weighted by molar-refractivity contribution is -0.136. The van der Waals surface area contributed by atoms with E-state index in [2.05, 4.69) is 41.4 Å². The highest BCUT2D eigenvalue weighted by Gasteiger charge is 2.56. The van der Waals surface area contributed by atoms with Crippen molar-refractivity contribution in [3.05, 3.63) is 28.7 Å². The van der Waals surface area contributed by atoms with Crippen LogP contribution < -0.4 is 16.3 Å². The summed E-state index contributed by atoms with van der Waals surface area (Å²) in [5.74, 6) is -0.513. The van der Waals surface area contributed by atoms with Gasteiger partial charge in [0.2, 0.25) is 5.91 Å². The lowest BCUT2D eigenvalue weighted by Crippen LogP contribution is -2.54. The Morgan fingerprint density at radius 2 is 1.90 bits per heavy atom. The zero-order chi connectivity index (χ0) is 21.0. The number of aromatic amines is 2. The molecule has 1 spiro atoms. The van der Waals surface area contributed by atoms with Gasteiger partial charge in [-0.1, -0.05) is 20.8 Å². The van der Waals surface area contributed by atoms with Crippen molar-refractivity contribution in [2.75, 3.05) is 11.9 Å². The number of fused-ring (bicyclic) bond motifs is 1. The number of nitrogens with one attached hydrogen (secondary N) is 4. The fraction of sp³-hybridized carbons (Fsp3) is 0.500. The Labute approximate surface area is 167 Å². The first kappa shape index (κ1) is 19.2. The zero-order valence-electron chi connectivity index (χ0n) is 16.7. The molecule has 0 unspecified atom stereocenters. The van der Waals surface area contributed by atoms with Gasteiger partial charge >= 0.3 is 11.7 Å². The van der Waals surface area contributed by atoms with Crippen LogP contribution >= 0.6 is 0 Å². The van der Waals surface area contributed by atoms with E-state index < -0.39 is 17.5 Å². The minimum atomic E-state index is -0.929. The third-order valence-corrected chi connectivity index (χ3v) is 5.73. The second-order valence-electron chi connectivity index (χ2n) is 9.15. The number of rotatable bonds is 3. The molecule has 4 N–H and O–H groups in total. The summed E-state index contributed by atoms with van der Waals surface area (Å²) < 4.78 is 0.